The lowest BCUT2D eigenvalue weighted by Gasteiger charge is -2.11. The monoisotopic (exact) mass is 392 g/mol. The van der Waals surface area contributed by atoms with Gasteiger partial charge in [-0.3, -0.25) is 4.79 Å². The normalized spacial score (nSPS) is 11.8. The number of hydrogen-bond acceptors (Lipinski definition) is 5. The lowest BCUT2D eigenvalue weighted by molar-refractivity contribution is 0.281. The van der Waals surface area contributed by atoms with Crippen LogP contribution in [-0.4, -0.2) is 18.5 Å². The Morgan fingerprint density at radius 3 is 2.71 bits per heavy atom. The van der Waals surface area contributed by atoms with E-state index in [0.717, 1.165) is 11.3 Å². The van der Waals surface area contributed by atoms with Crippen molar-refractivity contribution in [2.24, 2.45) is 0 Å². The zero-order valence-corrected chi connectivity index (χ0v) is 14.2. The molecule has 1 aromatic heterocycles. The maximum absolute atomic E-state index is 12.3. The van der Waals surface area contributed by atoms with Gasteiger partial charge in [0, 0.05) is 15.5 Å². The summed E-state index contributed by atoms with van der Waals surface area (Å²) >= 11 is 4.23. The molecule has 2 rings (SSSR count). The molecular weight excluding hydrogens is 380 g/mol. The van der Waals surface area contributed by atoms with E-state index in [9.17, 15) is 18.3 Å². The number of hydrogen-bond donors (Lipinski definition) is 3. The average Bonchev–Trinajstić information content (AvgIpc) is 2.85. The summed E-state index contributed by atoms with van der Waals surface area (Å²) < 4.78 is 27.6. The van der Waals surface area contributed by atoms with Gasteiger partial charge in [-0.25, -0.2) is 13.1 Å². The molecule has 0 saturated heterocycles. The van der Waals surface area contributed by atoms with Gasteiger partial charge in [-0.15, -0.1) is 0 Å². The summed E-state index contributed by atoms with van der Waals surface area (Å²) in [5.41, 5.74) is 1.73. The first-order valence-electron chi connectivity index (χ1n) is 5.89. The first kappa shape index (κ1) is 16.4. The van der Waals surface area contributed by atoms with Crippen LogP contribution in [0.2, 0.25) is 0 Å². The van der Waals surface area contributed by atoms with Gasteiger partial charge in [0.05, 0.1) is 18.0 Å². The Bertz CT molecular complexity index is 811. The van der Waals surface area contributed by atoms with E-state index in [1.54, 1.807) is 18.4 Å². The van der Waals surface area contributed by atoms with Crippen LogP contribution >= 0.6 is 27.3 Å². The molecule has 0 unspecified atom stereocenters. The van der Waals surface area contributed by atoms with Gasteiger partial charge < -0.3 is 10.1 Å². The summed E-state index contributed by atoms with van der Waals surface area (Å²) in [7, 11) is -3.76. The standard InChI is InChI=1S/C12H13BrN2O4S2/c1-7-2-8(5-16)3-10(11(7)13)21(18,19)14-4-9-6-20-12(17)15-9/h2-3,6,14,16H,4-5H2,1H3,(H,15,17). The number of thiazole rings is 1. The number of aryl methyl sites for hydroxylation is 1. The summed E-state index contributed by atoms with van der Waals surface area (Å²) in [6.07, 6.45) is 0. The van der Waals surface area contributed by atoms with Crippen LogP contribution in [0.5, 0.6) is 0 Å². The minimum Gasteiger partial charge on any atom is -0.392 e. The molecule has 0 aliphatic heterocycles. The molecule has 2 aromatic rings. The first-order chi connectivity index (χ1) is 9.83. The lowest BCUT2D eigenvalue weighted by atomic mass is 10.1. The van der Waals surface area contributed by atoms with E-state index >= 15 is 0 Å². The number of aromatic amines is 1. The van der Waals surface area contributed by atoms with Crippen LogP contribution in [-0.2, 0) is 23.2 Å². The van der Waals surface area contributed by atoms with E-state index in [0.29, 0.717) is 21.3 Å². The first-order valence-corrected chi connectivity index (χ1v) is 9.05. The van der Waals surface area contributed by atoms with Crippen molar-refractivity contribution in [3.63, 3.8) is 0 Å². The zero-order valence-electron chi connectivity index (χ0n) is 11.0. The molecule has 3 N–H and O–H groups in total. The third-order valence-corrected chi connectivity index (χ3v) is 6.24. The molecule has 1 heterocycles. The zero-order chi connectivity index (χ0) is 15.6. The summed E-state index contributed by atoms with van der Waals surface area (Å²) in [5.74, 6) is 0. The van der Waals surface area contributed by atoms with Gasteiger partial charge in [-0.05, 0) is 40.0 Å². The van der Waals surface area contributed by atoms with Crippen molar-refractivity contribution >= 4 is 37.3 Å². The summed E-state index contributed by atoms with van der Waals surface area (Å²) in [4.78, 5) is 13.4. The van der Waals surface area contributed by atoms with Crippen LogP contribution in [0.3, 0.4) is 0 Å². The number of aliphatic hydroxyl groups excluding tert-OH is 1. The van der Waals surface area contributed by atoms with Gasteiger partial charge in [0.15, 0.2) is 0 Å². The molecule has 0 spiro atoms. The van der Waals surface area contributed by atoms with Crippen LogP contribution in [0, 0.1) is 6.92 Å². The number of halogens is 1. The van der Waals surface area contributed by atoms with E-state index in [2.05, 4.69) is 25.6 Å². The Morgan fingerprint density at radius 2 is 2.14 bits per heavy atom. The Labute approximate surface area is 134 Å². The Morgan fingerprint density at radius 1 is 1.43 bits per heavy atom. The van der Waals surface area contributed by atoms with Crippen molar-refractivity contribution in [2.75, 3.05) is 0 Å². The molecule has 0 amide bonds. The second kappa shape index (κ2) is 6.41. The van der Waals surface area contributed by atoms with Crippen LogP contribution in [0.15, 0.2) is 31.7 Å². The molecule has 114 valence electrons. The average molecular weight is 393 g/mol. The van der Waals surface area contributed by atoms with Gasteiger partial charge in [-0.1, -0.05) is 17.4 Å². The molecule has 0 aliphatic rings. The molecule has 9 heteroatoms. The molecule has 0 bridgehead atoms. The fourth-order valence-corrected chi connectivity index (χ4v) is 4.40. The maximum atomic E-state index is 12.3. The number of aliphatic hydroxyl groups is 1. The molecule has 0 radical (unpaired) electrons. The van der Waals surface area contributed by atoms with E-state index < -0.39 is 10.0 Å². The van der Waals surface area contributed by atoms with Gasteiger partial charge in [0.25, 0.3) is 0 Å². The molecule has 21 heavy (non-hydrogen) atoms. The Hall–Kier alpha value is -1.00. The Kier molecular flexibility index (Phi) is 4.99. The van der Waals surface area contributed by atoms with Crippen molar-refractivity contribution in [3.05, 3.63) is 48.5 Å². The molecule has 0 atom stereocenters. The highest BCUT2D eigenvalue weighted by Gasteiger charge is 2.20. The van der Waals surface area contributed by atoms with E-state index in [4.69, 9.17) is 0 Å². The van der Waals surface area contributed by atoms with Crippen molar-refractivity contribution in [2.45, 2.75) is 25.0 Å². The quantitative estimate of drug-likeness (QED) is 0.717. The number of H-pyrrole nitrogens is 1. The second-order valence-corrected chi connectivity index (χ2v) is 7.75. The van der Waals surface area contributed by atoms with Gasteiger partial charge in [0.2, 0.25) is 10.0 Å². The molecule has 0 aliphatic carbocycles. The highest BCUT2D eigenvalue weighted by Crippen LogP contribution is 2.27. The van der Waals surface area contributed by atoms with E-state index in [-0.39, 0.29) is 22.9 Å². The summed E-state index contributed by atoms with van der Waals surface area (Å²) in [6, 6.07) is 3.12. The number of rotatable bonds is 5. The summed E-state index contributed by atoms with van der Waals surface area (Å²) in [6.45, 7) is 1.50. The minimum absolute atomic E-state index is 0.00405. The molecular formula is C12H13BrN2O4S2. The van der Waals surface area contributed by atoms with E-state index in [1.807, 2.05) is 0 Å². The second-order valence-electron chi connectivity index (χ2n) is 4.38. The van der Waals surface area contributed by atoms with Gasteiger partial charge in [-0.2, -0.15) is 0 Å². The van der Waals surface area contributed by atoms with Crippen LogP contribution in [0.1, 0.15) is 16.8 Å². The van der Waals surface area contributed by atoms with Crippen molar-refractivity contribution in [1.29, 1.82) is 0 Å². The van der Waals surface area contributed by atoms with Crippen LogP contribution in [0.25, 0.3) is 0 Å². The number of sulfonamides is 1. The smallest absolute Gasteiger partial charge is 0.304 e. The van der Waals surface area contributed by atoms with E-state index in [1.165, 1.54) is 6.07 Å². The van der Waals surface area contributed by atoms with Gasteiger partial charge in [0.1, 0.15) is 0 Å². The Balaban J connectivity index is 2.31. The number of benzene rings is 1. The molecule has 1 aromatic carbocycles. The lowest BCUT2D eigenvalue weighted by Crippen LogP contribution is -2.24. The highest BCUT2D eigenvalue weighted by molar-refractivity contribution is 9.10. The molecule has 0 fully saturated rings. The fraction of sp³-hybridized carbons (Fsp3) is 0.250. The van der Waals surface area contributed by atoms with Crippen LogP contribution < -0.4 is 9.60 Å². The van der Waals surface area contributed by atoms with Crippen molar-refractivity contribution in [1.82, 2.24) is 9.71 Å². The SMILES string of the molecule is Cc1cc(CO)cc(S(=O)(=O)NCc2csc(=O)[nH]2)c1Br. The topological polar surface area (TPSA) is 99.3 Å². The molecule has 6 nitrogen and oxygen atoms in total. The number of aromatic nitrogens is 1. The third kappa shape index (κ3) is 3.80. The predicted octanol–water partition coefficient (Wildman–Crippen LogP) is 1.48. The van der Waals surface area contributed by atoms with Crippen molar-refractivity contribution < 1.29 is 13.5 Å². The fourth-order valence-electron chi connectivity index (χ4n) is 1.75. The van der Waals surface area contributed by atoms with Crippen molar-refractivity contribution in [3.8, 4) is 0 Å². The van der Waals surface area contributed by atoms with Crippen LogP contribution in [0.4, 0.5) is 0 Å². The summed E-state index contributed by atoms with van der Waals surface area (Å²) in [5, 5.41) is 10.7. The largest absolute Gasteiger partial charge is 0.392 e. The minimum atomic E-state index is -3.76. The van der Waals surface area contributed by atoms with Gasteiger partial charge >= 0.3 is 4.87 Å². The molecule has 0 saturated carbocycles. The highest BCUT2D eigenvalue weighted by atomic mass is 79.9. The number of nitrogens with one attached hydrogen (secondary N) is 2. The third-order valence-electron chi connectivity index (χ3n) is 2.78. The maximum Gasteiger partial charge on any atom is 0.304 e. The predicted molar refractivity (Wildman–Crippen MR) is 83.8 cm³/mol.